The lowest BCUT2D eigenvalue weighted by molar-refractivity contribution is -0.131. The molecule has 20 heavy (non-hydrogen) atoms. The van der Waals surface area contributed by atoms with E-state index in [1.54, 1.807) is 6.07 Å². The molecule has 1 rings (SSSR count). The third-order valence-electron chi connectivity index (χ3n) is 3.24. The van der Waals surface area contributed by atoms with Gasteiger partial charge in [-0.25, -0.2) is 4.79 Å². The minimum absolute atomic E-state index is 0.396. The number of carbonyl (C=O) groups is 1. The lowest BCUT2D eigenvalue weighted by Gasteiger charge is -2.29. The van der Waals surface area contributed by atoms with Crippen molar-refractivity contribution in [2.45, 2.75) is 33.2 Å². The van der Waals surface area contributed by atoms with Crippen LogP contribution in [0.5, 0.6) is 0 Å². The third kappa shape index (κ3) is 4.89. The van der Waals surface area contributed by atoms with Crippen molar-refractivity contribution < 1.29 is 9.90 Å². The Balaban J connectivity index is 2.89. The van der Waals surface area contributed by atoms with Crippen LogP contribution >= 0.6 is 11.6 Å². The van der Waals surface area contributed by atoms with Crippen LogP contribution in [0, 0.1) is 5.92 Å². The van der Waals surface area contributed by atoms with E-state index >= 15 is 0 Å². The predicted molar refractivity (Wildman–Crippen MR) is 85.4 cm³/mol. The first-order valence-corrected chi connectivity index (χ1v) is 7.12. The van der Waals surface area contributed by atoms with E-state index in [1.165, 1.54) is 6.08 Å². The molecule has 0 heterocycles. The van der Waals surface area contributed by atoms with Gasteiger partial charge in [0, 0.05) is 19.2 Å². The maximum Gasteiger partial charge on any atom is 0.328 e. The van der Waals surface area contributed by atoms with Crippen LogP contribution in [0.1, 0.15) is 32.8 Å². The van der Waals surface area contributed by atoms with E-state index in [0.717, 1.165) is 23.7 Å². The summed E-state index contributed by atoms with van der Waals surface area (Å²) >= 11 is 6.30. The fraction of sp³-hybridized carbons (Fsp3) is 0.438. The van der Waals surface area contributed by atoms with Gasteiger partial charge in [0.15, 0.2) is 0 Å². The van der Waals surface area contributed by atoms with Crippen molar-refractivity contribution in [3.63, 3.8) is 0 Å². The van der Waals surface area contributed by atoms with Gasteiger partial charge in [-0.1, -0.05) is 31.5 Å². The first-order valence-electron chi connectivity index (χ1n) is 6.74. The van der Waals surface area contributed by atoms with Crippen molar-refractivity contribution in [1.29, 1.82) is 0 Å². The molecule has 0 aliphatic carbocycles. The Morgan fingerprint density at radius 1 is 1.40 bits per heavy atom. The maximum absolute atomic E-state index is 10.5. The lowest BCUT2D eigenvalue weighted by Crippen LogP contribution is -2.30. The average Bonchev–Trinajstić information content (AvgIpc) is 2.34. The smallest absolute Gasteiger partial charge is 0.328 e. The molecular weight excluding hydrogens is 274 g/mol. The van der Waals surface area contributed by atoms with Crippen molar-refractivity contribution in [2.75, 3.05) is 11.9 Å². The van der Waals surface area contributed by atoms with Gasteiger partial charge in [-0.3, -0.25) is 0 Å². The molecule has 0 radical (unpaired) electrons. The molecule has 4 heteroatoms. The summed E-state index contributed by atoms with van der Waals surface area (Å²) < 4.78 is 0. The highest BCUT2D eigenvalue weighted by atomic mass is 35.5. The predicted octanol–water partition coefficient (Wildman–Crippen LogP) is 4.31. The van der Waals surface area contributed by atoms with Crippen LogP contribution in [0.4, 0.5) is 5.69 Å². The number of nitrogens with zero attached hydrogens (tertiary/aromatic N) is 1. The van der Waals surface area contributed by atoms with Crippen LogP contribution in [0.3, 0.4) is 0 Å². The van der Waals surface area contributed by atoms with Gasteiger partial charge < -0.3 is 10.0 Å². The molecule has 110 valence electrons. The van der Waals surface area contributed by atoms with Crippen LogP contribution in [0.15, 0.2) is 24.3 Å². The van der Waals surface area contributed by atoms with Gasteiger partial charge >= 0.3 is 5.97 Å². The quantitative estimate of drug-likeness (QED) is 0.795. The van der Waals surface area contributed by atoms with Crippen molar-refractivity contribution in [3.05, 3.63) is 34.9 Å². The zero-order chi connectivity index (χ0) is 15.3. The van der Waals surface area contributed by atoms with Crippen molar-refractivity contribution in [1.82, 2.24) is 0 Å². The zero-order valence-corrected chi connectivity index (χ0v) is 13.2. The Hall–Kier alpha value is -1.48. The Bertz CT molecular complexity index is 497. The molecule has 3 nitrogen and oxygen atoms in total. The Labute approximate surface area is 125 Å². The third-order valence-corrected chi connectivity index (χ3v) is 3.55. The molecule has 0 saturated heterocycles. The summed E-state index contributed by atoms with van der Waals surface area (Å²) in [5.41, 5.74) is 1.75. The van der Waals surface area contributed by atoms with Crippen LogP contribution in [-0.4, -0.2) is 24.2 Å². The van der Waals surface area contributed by atoms with Gasteiger partial charge in [0.05, 0.1) is 10.7 Å². The van der Waals surface area contributed by atoms with E-state index in [4.69, 9.17) is 16.7 Å². The molecule has 0 spiro atoms. The molecule has 1 aromatic rings. The molecule has 0 aromatic heterocycles. The second kappa shape index (κ2) is 7.34. The highest BCUT2D eigenvalue weighted by Gasteiger charge is 2.14. The summed E-state index contributed by atoms with van der Waals surface area (Å²) in [5.74, 6) is -0.336. The van der Waals surface area contributed by atoms with E-state index in [1.807, 2.05) is 19.2 Å². The summed E-state index contributed by atoms with van der Waals surface area (Å²) in [6.07, 6.45) is 3.74. The van der Waals surface area contributed by atoms with E-state index in [-0.39, 0.29) is 0 Å². The Morgan fingerprint density at radius 3 is 2.55 bits per heavy atom. The summed E-state index contributed by atoms with van der Waals surface area (Å²) in [4.78, 5) is 12.7. The Kier molecular flexibility index (Phi) is 6.08. The minimum atomic E-state index is -0.965. The van der Waals surface area contributed by atoms with Crippen LogP contribution < -0.4 is 4.90 Å². The number of carboxylic acid groups (broad SMARTS) is 1. The molecule has 0 aliphatic rings. The second-order valence-electron chi connectivity index (χ2n) is 5.47. The van der Waals surface area contributed by atoms with Gasteiger partial charge in [-0.05, 0) is 43.0 Å². The summed E-state index contributed by atoms with van der Waals surface area (Å²) in [5, 5.41) is 9.25. The topological polar surface area (TPSA) is 40.5 Å². The van der Waals surface area contributed by atoms with Crippen LogP contribution in [0.25, 0.3) is 6.08 Å². The van der Waals surface area contributed by atoms with E-state index < -0.39 is 5.97 Å². The summed E-state index contributed by atoms with van der Waals surface area (Å²) in [6.45, 7) is 6.58. The molecule has 0 bridgehead atoms. The molecule has 1 N–H and O–H groups in total. The van der Waals surface area contributed by atoms with Crippen LogP contribution in [-0.2, 0) is 4.79 Å². The standard InChI is InChI=1S/C16H22ClNO2/c1-11(2)9-12(3)18(4)15-7-5-13(10-14(15)17)6-8-16(19)20/h5-8,10-12H,9H2,1-4H3,(H,19,20)/b8-6+. The summed E-state index contributed by atoms with van der Waals surface area (Å²) in [6, 6.07) is 5.99. The van der Waals surface area contributed by atoms with E-state index in [2.05, 4.69) is 25.7 Å². The van der Waals surface area contributed by atoms with Crippen LogP contribution in [0.2, 0.25) is 5.02 Å². The number of anilines is 1. The van der Waals surface area contributed by atoms with Gasteiger partial charge in [0.1, 0.15) is 0 Å². The van der Waals surface area contributed by atoms with Crippen molar-refractivity contribution >= 4 is 29.3 Å². The molecule has 0 amide bonds. The number of carboxylic acids is 1. The molecule has 1 aromatic carbocycles. The number of halogens is 1. The largest absolute Gasteiger partial charge is 0.478 e. The number of rotatable bonds is 6. The first kappa shape index (κ1) is 16.6. The fourth-order valence-electron chi connectivity index (χ4n) is 2.16. The fourth-order valence-corrected chi connectivity index (χ4v) is 2.48. The zero-order valence-electron chi connectivity index (χ0n) is 12.4. The highest BCUT2D eigenvalue weighted by Crippen LogP contribution is 2.29. The van der Waals surface area contributed by atoms with Gasteiger partial charge in [-0.15, -0.1) is 0 Å². The number of aliphatic carboxylic acids is 1. The Morgan fingerprint density at radius 2 is 2.05 bits per heavy atom. The summed E-state index contributed by atoms with van der Waals surface area (Å²) in [7, 11) is 2.03. The number of benzene rings is 1. The molecule has 1 unspecified atom stereocenters. The monoisotopic (exact) mass is 295 g/mol. The molecule has 0 aliphatic heterocycles. The van der Waals surface area contributed by atoms with Gasteiger partial charge in [0.25, 0.3) is 0 Å². The normalized spacial score (nSPS) is 12.9. The van der Waals surface area contributed by atoms with Crippen molar-refractivity contribution in [3.8, 4) is 0 Å². The average molecular weight is 296 g/mol. The minimum Gasteiger partial charge on any atom is -0.478 e. The first-order chi connectivity index (χ1) is 9.31. The molecule has 1 atom stereocenters. The molecular formula is C16H22ClNO2. The molecule has 0 fully saturated rings. The van der Waals surface area contributed by atoms with E-state index in [0.29, 0.717) is 17.0 Å². The lowest BCUT2D eigenvalue weighted by atomic mass is 10.0. The van der Waals surface area contributed by atoms with Gasteiger partial charge in [0.2, 0.25) is 0 Å². The number of hydrogen-bond donors (Lipinski definition) is 1. The SMILES string of the molecule is CC(C)CC(C)N(C)c1ccc(/C=C/C(=O)O)cc1Cl. The van der Waals surface area contributed by atoms with Gasteiger partial charge in [-0.2, -0.15) is 0 Å². The maximum atomic E-state index is 10.5. The molecule has 0 saturated carbocycles. The highest BCUT2D eigenvalue weighted by molar-refractivity contribution is 6.33. The van der Waals surface area contributed by atoms with E-state index in [9.17, 15) is 4.79 Å². The second-order valence-corrected chi connectivity index (χ2v) is 5.88. The number of hydrogen-bond acceptors (Lipinski definition) is 2. The van der Waals surface area contributed by atoms with Crippen molar-refractivity contribution in [2.24, 2.45) is 5.92 Å².